The second-order valence-electron chi connectivity index (χ2n) is 5.34. The number of fused-ring (bicyclic) bond motifs is 1. The highest BCUT2D eigenvalue weighted by molar-refractivity contribution is 9.10. The van der Waals surface area contributed by atoms with Crippen molar-refractivity contribution in [3.05, 3.63) is 22.2 Å². The smallest absolute Gasteiger partial charge is 0.162 e. The molecule has 0 spiro atoms. The molecule has 0 saturated carbocycles. The van der Waals surface area contributed by atoms with Crippen molar-refractivity contribution in [3.63, 3.8) is 0 Å². The van der Waals surface area contributed by atoms with Gasteiger partial charge in [-0.1, -0.05) is 15.9 Å². The molecule has 110 valence electrons. The van der Waals surface area contributed by atoms with Gasteiger partial charge in [0.2, 0.25) is 0 Å². The fraction of sp³-hybridized carbons (Fsp3) is 0.600. The van der Waals surface area contributed by atoms with Gasteiger partial charge < -0.3 is 19.9 Å². The maximum absolute atomic E-state index is 6.33. The van der Waals surface area contributed by atoms with Crippen LogP contribution in [0.3, 0.4) is 0 Å². The largest absolute Gasteiger partial charge is 0.486 e. The van der Waals surface area contributed by atoms with Crippen LogP contribution < -0.4 is 15.2 Å². The van der Waals surface area contributed by atoms with E-state index in [0.29, 0.717) is 19.3 Å². The fourth-order valence-corrected chi connectivity index (χ4v) is 3.37. The third-order valence-electron chi connectivity index (χ3n) is 3.88. The van der Waals surface area contributed by atoms with E-state index < -0.39 is 0 Å². The first-order valence-corrected chi connectivity index (χ1v) is 7.99. The maximum Gasteiger partial charge on any atom is 0.162 e. The van der Waals surface area contributed by atoms with Crippen LogP contribution in [-0.2, 0) is 4.74 Å². The lowest BCUT2D eigenvalue weighted by molar-refractivity contribution is 0.101. The molecule has 2 aliphatic rings. The van der Waals surface area contributed by atoms with Crippen molar-refractivity contribution < 1.29 is 14.2 Å². The highest BCUT2D eigenvalue weighted by Crippen LogP contribution is 2.38. The Labute approximate surface area is 127 Å². The van der Waals surface area contributed by atoms with Crippen molar-refractivity contribution in [1.82, 2.24) is 0 Å². The van der Waals surface area contributed by atoms with Gasteiger partial charge >= 0.3 is 0 Å². The van der Waals surface area contributed by atoms with E-state index in [-0.39, 0.29) is 6.04 Å². The minimum Gasteiger partial charge on any atom is -0.486 e. The predicted molar refractivity (Wildman–Crippen MR) is 80.3 cm³/mol. The Morgan fingerprint density at radius 3 is 2.65 bits per heavy atom. The van der Waals surface area contributed by atoms with Gasteiger partial charge in [0.1, 0.15) is 13.2 Å². The number of nitrogens with two attached hydrogens (primary N) is 1. The molecule has 1 saturated heterocycles. The molecule has 2 aliphatic heterocycles. The number of ether oxygens (including phenoxy) is 3. The molecule has 1 fully saturated rings. The number of hydrogen-bond donors (Lipinski definition) is 1. The molecule has 2 atom stereocenters. The molecule has 4 nitrogen and oxygen atoms in total. The first kappa shape index (κ1) is 14.2. The van der Waals surface area contributed by atoms with Gasteiger partial charge in [0.05, 0.1) is 6.10 Å². The lowest BCUT2D eigenvalue weighted by atomic mass is 9.99. The van der Waals surface area contributed by atoms with Crippen LogP contribution in [0.1, 0.15) is 37.3 Å². The Bertz CT molecular complexity index is 474. The zero-order valence-electron chi connectivity index (χ0n) is 11.4. The number of halogens is 1. The average Bonchev–Trinajstić information content (AvgIpc) is 2.97. The molecule has 2 N–H and O–H groups in total. The maximum atomic E-state index is 6.33. The minimum atomic E-state index is -0.00981. The van der Waals surface area contributed by atoms with Crippen molar-refractivity contribution in [2.45, 2.75) is 37.8 Å². The van der Waals surface area contributed by atoms with Gasteiger partial charge in [-0.25, -0.2) is 0 Å². The molecule has 2 unspecified atom stereocenters. The Balaban J connectivity index is 1.68. The van der Waals surface area contributed by atoms with Crippen LogP contribution in [0.15, 0.2) is 16.6 Å². The van der Waals surface area contributed by atoms with Crippen LogP contribution in [0, 0.1) is 0 Å². The molecule has 0 radical (unpaired) electrons. The van der Waals surface area contributed by atoms with E-state index in [1.165, 1.54) is 6.42 Å². The van der Waals surface area contributed by atoms with Gasteiger partial charge in [0.25, 0.3) is 0 Å². The van der Waals surface area contributed by atoms with E-state index in [1.54, 1.807) is 0 Å². The van der Waals surface area contributed by atoms with Crippen molar-refractivity contribution in [3.8, 4) is 11.5 Å². The fourth-order valence-electron chi connectivity index (χ4n) is 2.76. The molecule has 5 heteroatoms. The quantitative estimate of drug-likeness (QED) is 0.913. The standard InChI is InChI=1S/C15H20BrNO3/c16-12-9-15-14(19-6-7-20-15)8-11(12)13(17)4-3-10-2-1-5-18-10/h8-10,13H,1-7,17H2. The lowest BCUT2D eigenvalue weighted by Crippen LogP contribution is -2.18. The van der Waals surface area contributed by atoms with Gasteiger partial charge in [-0.2, -0.15) is 0 Å². The van der Waals surface area contributed by atoms with Crippen LogP contribution in [0.5, 0.6) is 11.5 Å². The van der Waals surface area contributed by atoms with Gasteiger partial charge in [0, 0.05) is 17.1 Å². The van der Waals surface area contributed by atoms with Crippen molar-refractivity contribution in [1.29, 1.82) is 0 Å². The topological polar surface area (TPSA) is 53.7 Å². The first-order chi connectivity index (χ1) is 9.74. The van der Waals surface area contributed by atoms with Crippen molar-refractivity contribution in [2.24, 2.45) is 5.73 Å². The van der Waals surface area contributed by atoms with Crippen LogP contribution in [0.25, 0.3) is 0 Å². The molecular weight excluding hydrogens is 322 g/mol. The summed E-state index contributed by atoms with van der Waals surface area (Å²) in [5, 5.41) is 0. The lowest BCUT2D eigenvalue weighted by Gasteiger charge is -2.22. The Hall–Kier alpha value is -0.780. The highest BCUT2D eigenvalue weighted by Gasteiger charge is 2.21. The predicted octanol–water partition coefficient (Wildman–Crippen LogP) is 3.18. The third kappa shape index (κ3) is 3.10. The summed E-state index contributed by atoms with van der Waals surface area (Å²) in [6.07, 6.45) is 4.66. The van der Waals surface area contributed by atoms with Crippen LogP contribution >= 0.6 is 15.9 Å². The summed E-state index contributed by atoms with van der Waals surface area (Å²) in [5.74, 6) is 1.58. The number of benzene rings is 1. The van der Waals surface area contributed by atoms with Crippen LogP contribution in [0.2, 0.25) is 0 Å². The van der Waals surface area contributed by atoms with E-state index in [9.17, 15) is 0 Å². The molecule has 1 aromatic carbocycles. The van der Waals surface area contributed by atoms with E-state index >= 15 is 0 Å². The van der Waals surface area contributed by atoms with Crippen LogP contribution in [0.4, 0.5) is 0 Å². The molecule has 0 aromatic heterocycles. The molecule has 0 bridgehead atoms. The van der Waals surface area contributed by atoms with Gasteiger partial charge in [0.15, 0.2) is 11.5 Å². The summed E-state index contributed by atoms with van der Waals surface area (Å²) in [4.78, 5) is 0. The normalized spacial score (nSPS) is 22.8. The monoisotopic (exact) mass is 341 g/mol. The summed E-state index contributed by atoms with van der Waals surface area (Å²) in [6.45, 7) is 2.09. The molecule has 1 aromatic rings. The van der Waals surface area contributed by atoms with E-state index in [1.807, 2.05) is 12.1 Å². The van der Waals surface area contributed by atoms with E-state index in [2.05, 4.69) is 15.9 Å². The Morgan fingerprint density at radius 1 is 1.20 bits per heavy atom. The molecule has 3 rings (SSSR count). The van der Waals surface area contributed by atoms with Crippen LogP contribution in [-0.4, -0.2) is 25.9 Å². The Morgan fingerprint density at radius 2 is 1.95 bits per heavy atom. The van der Waals surface area contributed by atoms with E-state index in [0.717, 1.165) is 47.4 Å². The minimum absolute atomic E-state index is 0.00981. The van der Waals surface area contributed by atoms with Crippen molar-refractivity contribution in [2.75, 3.05) is 19.8 Å². The molecule has 0 aliphatic carbocycles. The third-order valence-corrected chi connectivity index (χ3v) is 4.57. The van der Waals surface area contributed by atoms with E-state index in [4.69, 9.17) is 19.9 Å². The average molecular weight is 342 g/mol. The summed E-state index contributed by atoms with van der Waals surface area (Å²) >= 11 is 3.58. The second-order valence-corrected chi connectivity index (χ2v) is 6.19. The van der Waals surface area contributed by atoms with Crippen molar-refractivity contribution >= 4 is 15.9 Å². The summed E-state index contributed by atoms with van der Waals surface area (Å²) < 4.78 is 17.8. The summed E-state index contributed by atoms with van der Waals surface area (Å²) in [7, 11) is 0. The van der Waals surface area contributed by atoms with Gasteiger partial charge in [-0.3, -0.25) is 0 Å². The molecular formula is C15H20BrNO3. The van der Waals surface area contributed by atoms with Gasteiger partial charge in [-0.15, -0.1) is 0 Å². The summed E-state index contributed by atoms with van der Waals surface area (Å²) in [6, 6.07) is 3.94. The molecule has 0 amide bonds. The highest BCUT2D eigenvalue weighted by atomic mass is 79.9. The zero-order chi connectivity index (χ0) is 13.9. The SMILES string of the molecule is NC(CCC1CCCO1)c1cc2c(cc1Br)OCCO2. The molecule has 2 heterocycles. The van der Waals surface area contributed by atoms with Gasteiger partial charge in [-0.05, 0) is 43.4 Å². The summed E-state index contributed by atoms with van der Waals surface area (Å²) in [5.41, 5.74) is 7.40. The first-order valence-electron chi connectivity index (χ1n) is 7.20. The second kappa shape index (κ2) is 6.33. The Kier molecular flexibility index (Phi) is 4.48. The number of hydrogen-bond acceptors (Lipinski definition) is 4. The number of rotatable bonds is 4. The molecule has 20 heavy (non-hydrogen) atoms. The zero-order valence-corrected chi connectivity index (χ0v) is 13.0.